The van der Waals surface area contributed by atoms with E-state index in [1.54, 1.807) is 11.9 Å². The molecule has 0 aromatic carbocycles. The Balaban J connectivity index is 1.79. The number of ether oxygens (including phenoxy) is 1. The lowest BCUT2D eigenvalue weighted by molar-refractivity contribution is 0.406. The van der Waals surface area contributed by atoms with Crippen molar-refractivity contribution in [2.45, 2.75) is 32.6 Å². The van der Waals surface area contributed by atoms with Gasteiger partial charge in [0.2, 0.25) is 0 Å². The highest BCUT2D eigenvalue weighted by Crippen LogP contribution is 2.37. The molecule has 8 nitrogen and oxygen atoms in total. The highest BCUT2D eigenvalue weighted by atomic mass is 32.2. The van der Waals surface area contributed by atoms with Crippen molar-refractivity contribution in [3.8, 4) is 17.0 Å². The first-order valence-corrected chi connectivity index (χ1v) is 10.8. The van der Waals surface area contributed by atoms with Crippen LogP contribution in [-0.2, 0) is 18.7 Å². The number of rotatable bonds is 6. The summed E-state index contributed by atoms with van der Waals surface area (Å²) >= 11 is 1.47. The van der Waals surface area contributed by atoms with Gasteiger partial charge in [-0.05, 0) is 63.5 Å². The van der Waals surface area contributed by atoms with Gasteiger partial charge in [-0.2, -0.15) is 19.4 Å². The molecule has 1 aromatic heterocycles. The standard InChI is InChI=1S/C21H27N7OS/c1-12-9-23-17(13(2)20(12)29-5)10-28-24-16-8-14(6-7-27(3)4)15-11-30-26-21(22)19(25-28)18(15)16/h8-9H,6-7,10-11H2,1-5H3,(H2,22,26). The van der Waals surface area contributed by atoms with E-state index < -0.39 is 0 Å². The van der Waals surface area contributed by atoms with E-state index in [2.05, 4.69) is 34.4 Å². The second kappa shape index (κ2) is 8.23. The predicted molar refractivity (Wildman–Crippen MR) is 120 cm³/mol. The Bertz CT molecular complexity index is 1090. The number of nitrogens with two attached hydrogens (primary N) is 1. The molecule has 0 fully saturated rings. The van der Waals surface area contributed by atoms with Crippen LogP contribution in [0.1, 0.15) is 33.6 Å². The summed E-state index contributed by atoms with van der Waals surface area (Å²) in [5.74, 6) is 2.07. The number of aryl methyl sites for hydroxylation is 1. The summed E-state index contributed by atoms with van der Waals surface area (Å²) < 4.78 is 9.98. The second-order valence-corrected chi connectivity index (χ2v) is 8.57. The first kappa shape index (κ1) is 20.6. The molecule has 1 aliphatic carbocycles. The minimum Gasteiger partial charge on any atom is -0.496 e. The predicted octanol–water partition coefficient (Wildman–Crippen LogP) is 2.42. The molecule has 0 unspecified atom stereocenters. The van der Waals surface area contributed by atoms with Gasteiger partial charge in [-0.15, -0.1) is 0 Å². The number of methoxy groups -OCH3 is 1. The third kappa shape index (κ3) is 3.75. The molecule has 0 radical (unpaired) electrons. The lowest BCUT2D eigenvalue weighted by Crippen LogP contribution is -2.22. The number of amidine groups is 1. The second-order valence-electron chi connectivity index (χ2n) is 7.84. The van der Waals surface area contributed by atoms with Gasteiger partial charge in [0.15, 0.2) is 5.84 Å². The number of aromatic nitrogens is 4. The topological polar surface area (TPSA) is 94.5 Å². The van der Waals surface area contributed by atoms with Crippen molar-refractivity contribution in [1.29, 1.82) is 0 Å². The normalized spacial score (nSPS) is 13.6. The van der Waals surface area contributed by atoms with Crippen molar-refractivity contribution in [2.75, 3.05) is 27.7 Å². The first-order chi connectivity index (χ1) is 14.4. The minimum atomic E-state index is 0.430. The lowest BCUT2D eigenvalue weighted by atomic mass is 10.1. The summed E-state index contributed by atoms with van der Waals surface area (Å²) in [6.45, 7) is 5.40. The highest BCUT2D eigenvalue weighted by Gasteiger charge is 2.27. The van der Waals surface area contributed by atoms with Gasteiger partial charge in [0.05, 0.1) is 18.5 Å². The average molecular weight is 426 g/mol. The number of nitrogens with zero attached hydrogens (tertiary/aromatic N) is 6. The monoisotopic (exact) mass is 425 g/mol. The van der Waals surface area contributed by atoms with E-state index in [1.807, 2.05) is 20.0 Å². The molecule has 0 spiro atoms. The zero-order valence-corrected chi connectivity index (χ0v) is 18.9. The van der Waals surface area contributed by atoms with Crippen molar-refractivity contribution in [1.82, 2.24) is 24.9 Å². The van der Waals surface area contributed by atoms with Crippen LogP contribution in [0.4, 0.5) is 0 Å². The fraction of sp³-hybridized carbons (Fsp3) is 0.429. The van der Waals surface area contributed by atoms with Crippen molar-refractivity contribution in [3.63, 3.8) is 0 Å². The highest BCUT2D eigenvalue weighted by molar-refractivity contribution is 7.97. The van der Waals surface area contributed by atoms with Crippen molar-refractivity contribution in [3.05, 3.63) is 45.9 Å². The Morgan fingerprint density at radius 3 is 2.80 bits per heavy atom. The molecule has 30 heavy (non-hydrogen) atoms. The Morgan fingerprint density at radius 1 is 1.27 bits per heavy atom. The molecule has 1 aromatic rings. The number of likely N-dealkylation sites (N-methyl/N-ethyl adjacent to an activating group) is 1. The zero-order chi connectivity index (χ0) is 21.4. The molecule has 0 saturated carbocycles. The Morgan fingerprint density at radius 2 is 2.07 bits per heavy atom. The molecular formula is C21H27N7OS. The maximum atomic E-state index is 6.28. The summed E-state index contributed by atoms with van der Waals surface area (Å²) in [6.07, 6.45) is 2.77. The minimum absolute atomic E-state index is 0.430. The van der Waals surface area contributed by atoms with Crippen LogP contribution in [0, 0.1) is 13.8 Å². The third-order valence-electron chi connectivity index (χ3n) is 5.42. The number of hydrogen-bond acceptors (Lipinski definition) is 8. The SMILES string of the molecule is COc1c(C)cnc(Cn2nc3cc(CCN(C)C)c4c-3c(n2)C(N)=NSC4)c1C. The quantitative estimate of drug-likeness (QED) is 0.606. The molecule has 9 heteroatoms. The van der Waals surface area contributed by atoms with Gasteiger partial charge in [-0.1, -0.05) is 0 Å². The lowest BCUT2D eigenvalue weighted by Gasteiger charge is -2.15. The van der Waals surface area contributed by atoms with Crippen LogP contribution in [0.2, 0.25) is 0 Å². The number of pyridine rings is 1. The smallest absolute Gasteiger partial charge is 0.160 e. The van der Waals surface area contributed by atoms with Crippen LogP contribution < -0.4 is 10.5 Å². The molecule has 4 rings (SSSR count). The molecule has 3 aliphatic rings. The fourth-order valence-corrected chi connectivity index (χ4v) is 4.60. The molecule has 3 heterocycles. The molecule has 0 saturated heterocycles. The third-order valence-corrected chi connectivity index (χ3v) is 6.16. The summed E-state index contributed by atoms with van der Waals surface area (Å²) in [4.78, 5) is 8.44. The molecular weight excluding hydrogens is 398 g/mol. The maximum absolute atomic E-state index is 6.28. The summed E-state index contributed by atoms with van der Waals surface area (Å²) in [5, 5.41) is 9.55. The molecule has 0 bridgehead atoms. The maximum Gasteiger partial charge on any atom is 0.160 e. The van der Waals surface area contributed by atoms with E-state index >= 15 is 0 Å². The van der Waals surface area contributed by atoms with E-state index in [0.29, 0.717) is 18.1 Å². The number of hydrogen-bond donors (Lipinski definition) is 1. The van der Waals surface area contributed by atoms with Crippen molar-refractivity contribution < 1.29 is 4.74 Å². The average Bonchev–Trinajstić information content (AvgIpc) is 2.96. The van der Waals surface area contributed by atoms with Crippen LogP contribution in [0.5, 0.6) is 5.75 Å². The van der Waals surface area contributed by atoms with Gasteiger partial charge in [-0.3, -0.25) is 4.98 Å². The Labute approximate surface area is 181 Å². The summed E-state index contributed by atoms with van der Waals surface area (Å²) in [6, 6.07) is 2.17. The summed E-state index contributed by atoms with van der Waals surface area (Å²) in [5.41, 5.74) is 14.3. The summed E-state index contributed by atoms with van der Waals surface area (Å²) in [7, 11) is 5.85. The van der Waals surface area contributed by atoms with E-state index in [9.17, 15) is 0 Å². The van der Waals surface area contributed by atoms with Crippen LogP contribution in [0.3, 0.4) is 0 Å². The van der Waals surface area contributed by atoms with E-state index in [4.69, 9.17) is 20.7 Å². The van der Waals surface area contributed by atoms with Crippen LogP contribution in [0.25, 0.3) is 11.3 Å². The molecule has 0 atom stereocenters. The Kier molecular flexibility index (Phi) is 5.66. The van der Waals surface area contributed by atoms with Crippen molar-refractivity contribution >= 4 is 17.8 Å². The Hall–Kier alpha value is -2.65. The fourth-order valence-electron chi connectivity index (χ4n) is 3.85. The molecule has 2 N–H and O–H groups in total. The van der Waals surface area contributed by atoms with Gasteiger partial charge >= 0.3 is 0 Å². The van der Waals surface area contributed by atoms with E-state index in [1.165, 1.54) is 23.1 Å². The van der Waals surface area contributed by atoms with E-state index in [0.717, 1.165) is 52.5 Å². The van der Waals surface area contributed by atoms with Crippen LogP contribution >= 0.6 is 11.9 Å². The molecule has 2 aliphatic heterocycles. The van der Waals surface area contributed by atoms with Gasteiger partial charge < -0.3 is 15.4 Å². The molecule has 0 amide bonds. The van der Waals surface area contributed by atoms with Gasteiger partial charge in [0, 0.05) is 35.2 Å². The van der Waals surface area contributed by atoms with Crippen molar-refractivity contribution in [2.24, 2.45) is 10.1 Å². The van der Waals surface area contributed by atoms with Gasteiger partial charge in [-0.25, -0.2) is 0 Å². The van der Waals surface area contributed by atoms with Crippen LogP contribution in [-0.4, -0.2) is 58.5 Å². The van der Waals surface area contributed by atoms with Gasteiger partial charge in [0.1, 0.15) is 18.0 Å². The van der Waals surface area contributed by atoms with Crippen LogP contribution in [0.15, 0.2) is 16.7 Å². The van der Waals surface area contributed by atoms with E-state index in [-0.39, 0.29) is 0 Å². The van der Waals surface area contributed by atoms with Gasteiger partial charge in [0.25, 0.3) is 0 Å². The largest absolute Gasteiger partial charge is 0.496 e. The molecule has 158 valence electrons. The zero-order valence-electron chi connectivity index (χ0n) is 18.1. The first-order valence-electron chi connectivity index (χ1n) is 9.88.